The van der Waals surface area contributed by atoms with Crippen molar-refractivity contribution in [3.8, 4) is 6.07 Å². The standard InChI is InChI=1S/C25H28N2O2/c1-15-12-23-24(17(3)29-25(23)28)21(16(15)2)11-10-20-9-8-19(14-27-20)22-7-5-4-6-18(22)13-26/h4-5,7-11,14-18,21,23-24H,6,12H2,1-3H3/b11-10+/t15?,16?,17-,18?,21?,23?,24?/m1/s1. The van der Waals surface area contributed by atoms with Gasteiger partial charge in [0.1, 0.15) is 6.10 Å². The van der Waals surface area contributed by atoms with Gasteiger partial charge in [-0.25, -0.2) is 0 Å². The Morgan fingerprint density at radius 2 is 2.10 bits per heavy atom. The summed E-state index contributed by atoms with van der Waals surface area (Å²) in [7, 11) is 0. The van der Waals surface area contributed by atoms with Crippen LogP contribution in [0.1, 0.15) is 44.9 Å². The molecule has 1 aromatic heterocycles. The molecular formula is C25H28N2O2. The summed E-state index contributed by atoms with van der Waals surface area (Å²) < 4.78 is 5.56. The first-order valence-electron chi connectivity index (χ1n) is 10.6. The average Bonchev–Trinajstić information content (AvgIpc) is 3.01. The largest absolute Gasteiger partial charge is 0.462 e. The molecule has 6 unspecified atom stereocenters. The number of allylic oxidation sites excluding steroid dienone is 5. The normalized spacial score (nSPS) is 36.4. The molecule has 0 N–H and O–H groups in total. The van der Waals surface area contributed by atoms with Crippen LogP contribution >= 0.6 is 0 Å². The summed E-state index contributed by atoms with van der Waals surface area (Å²) in [4.78, 5) is 16.8. The molecule has 2 fully saturated rings. The van der Waals surface area contributed by atoms with Gasteiger partial charge in [-0.2, -0.15) is 5.26 Å². The van der Waals surface area contributed by atoms with Crippen LogP contribution in [0.4, 0.5) is 0 Å². The number of nitriles is 1. The average molecular weight is 389 g/mol. The molecule has 29 heavy (non-hydrogen) atoms. The Labute approximate surface area is 173 Å². The highest BCUT2D eigenvalue weighted by Crippen LogP contribution is 2.49. The molecule has 0 aromatic carbocycles. The fraction of sp³-hybridized carbons (Fsp3) is 0.480. The van der Waals surface area contributed by atoms with E-state index in [1.807, 2.05) is 43.5 Å². The topological polar surface area (TPSA) is 63.0 Å². The van der Waals surface area contributed by atoms with Crippen LogP contribution in [0.2, 0.25) is 0 Å². The van der Waals surface area contributed by atoms with E-state index in [1.54, 1.807) is 0 Å². The van der Waals surface area contributed by atoms with Crippen molar-refractivity contribution in [3.63, 3.8) is 0 Å². The molecule has 0 bridgehead atoms. The molecule has 150 valence electrons. The number of ether oxygens (including phenoxy) is 1. The molecule has 2 heterocycles. The number of hydrogen-bond acceptors (Lipinski definition) is 4. The predicted octanol–water partition coefficient (Wildman–Crippen LogP) is 5.05. The molecule has 0 radical (unpaired) electrons. The molecule has 1 aliphatic heterocycles. The van der Waals surface area contributed by atoms with Gasteiger partial charge < -0.3 is 4.74 Å². The third kappa shape index (κ3) is 3.67. The number of hydrogen-bond donors (Lipinski definition) is 0. The van der Waals surface area contributed by atoms with Crippen molar-refractivity contribution in [2.45, 2.75) is 39.7 Å². The Kier molecular flexibility index (Phi) is 5.41. The maximum Gasteiger partial charge on any atom is 0.309 e. The van der Waals surface area contributed by atoms with E-state index >= 15 is 0 Å². The Hall–Kier alpha value is -2.67. The smallest absolute Gasteiger partial charge is 0.309 e. The first-order valence-corrected chi connectivity index (χ1v) is 10.6. The Bertz CT molecular complexity index is 906. The molecule has 7 atom stereocenters. The molecule has 4 nitrogen and oxygen atoms in total. The van der Waals surface area contributed by atoms with Crippen LogP contribution in [0.3, 0.4) is 0 Å². The maximum atomic E-state index is 12.2. The number of fused-ring (bicyclic) bond motifs is 1. The number of cyclic esters (lactones) is 1. The van der Waals surface area contributed by atoms with E-state index in [4.69, 9.17) is 4.74 Å². The quantitative estimate of drug-likeness (QED) is 0.680. The molecular weight excluding hydrogens is 360 g/mol. The lowest BCUT2D eigenvalue weighted by Gasteiger charge is -2.40. The lowest BCUT2D eigenvalue weighted by molar-refractivity contribution is -0.144. The highest BCUT2D eigenvalue weighted by atomic mass is 16.6. The number of carbonyl (C=O) groups is 1. The van der Waals surface area contributed by atoms with Crippen molar-refractivity contribution in [1.82, 2.24) is 4.98 Å². The van der Waals surface area contributed by atoms with Crippen molar-refractivity contribution in [3.05, 3.63) is 53.9 Å². The lowest BCUT2D eigenvalue weighted by Crippen LogP contribution is -2.39. The van der Waals surface area contributed by atoms with E-state index in [-0.39, 0.29) is 29.8 Å². The Balaban J connectivity index is 1.54. The second kappa shape index (κ2) is 7.99. The summed E-state index contributed by atoms with van der Waals surface area (Å²) in [6.07, 6.45) is 13.9. The van der Waals surface area contributed by atoms with Gasteiger partial charge >= 0.3 is 5.97 Å². The van der Waals surface area contributed by atoms with Gasteiger partial charge in [-0.05, 0) is 60.8 Å². The third-order valence-corrected chi connectivity index (χ3v) is 7.11. The second-order valence-corrected chi connectivity index (χ2v) is 8.77. The number of esters is 1. The maximum absolute atomic E-state index is 12.2. The van der Waals surface area contributed by atoms with Crippen molar-refractivity contribution in [2.75, 3.05) is 0 Å². The number of pyridine rings is 1. The fourth-order valence-corrected chi connectivity index (χ4v) is 5.25. The summed E-state index contributed by atoms with van der Waals surface area (Å²) in [6, 6.07) is 6.42. The van der Waals surface area contributed by atoms with E-state index in [0.717, 1.165) is 29.7 Å². The van der Waals surface area contributed by atoms with Gasteiger partial charge in [-0.3, -0.25) is 9.78 Å². The van der Waals surface area contributed by atoms with Crippen molar-refractivity contribution >= 4 is 17.6 Å². The Morgan fingerprint density at radius 1 is 1.28 bits per heavy atom. The van der Waals surface area contributed by atoms with Crippen LogP contribution in [0.15, 0.2) is 42.6 Å². The van der Waals surface area contributed by atoms with Crippen LogP contribution in [-0.4, -0.2) is 17.1 Å². The Morgan fingerprint density at radius 3 is 2.83 bits per heavy atom. The first-order chi connectivity index (χ1) is 14.0. The van der Waals surface area contributed by atoms with Crippen molar-refractivity contribution < 1.29 is 9.53 Å². The van der Waals surface area contributed by atoms with Gasteiger partial charge in [0.15, 0.2) is 0 Å². The zero-order valence-electron chi connectivity index (χ0n) is 17.3. The number of nitrogens with zero attached hydrogens (tertiary/aromatic N) is 2. The van der Waals surface area contributed by atoms with Crippen LogP contribution in [0.5, 0.6) is 0 Å². The zero-order valence-corrected chi connectivity index (χ0v) is 17.3. The van der Waals surface area contributed by atoms with Crippen molar-refractivity contribution in [2.24, 2.45) is 35.5 Å². The third-order valence-electron chi connectivity index (χ3n) is 7.11. The van der Waals surface area contributed by atoms with E-state index in [2.05, 4.69) is 37.1 Å². The predicted molar refractivity (Wildman–Crippen MR) is 113 cm³/mol. The van der Waals surface area contributed by atoms with E-state index < -0.39 is 0 Å². The van der Waals surface area contributed by atoms with Crippen LogP contribution in [-0.2, 0) is 9.53 Å². The van der Waals surface area contributed by atoms with E-state index in [9.17, 15) is 10.1 Å². The minimum atomic E-state index is -0.105. The summed E-state index contributed by atoms with van der Waals surface area (Å²) in [5, 5.41) is 9.38. The molecule has 0 amide bonds. The zero-order chi connectivity index (χ0) is 20.5. The van der Waals surface area contributed by atoms with Gasteiger partial charge in [0.05, 0.1) is 23.6 Å². The molecule has 1 saturated heterocycles. The van der Waals surface area contributed by atoms with Crippen LogP contribution in [0, 0.1) is 46.8 Å². The summed E-state index contributed by atoms with van der Waals surface area (Å²) in [6.45, 7) is 6.55. The lowest BCUT2D eigenvalue weighted by atomic mass is 9.62. The van der Waals surface area contributed by atoms with Gasteiger partial charge in [-0.1, -0.05) is 44.2 Å². The van der Waals surface area contributed by atoms with Gasteiger partial charge in [-0.15, -0.1) is 0 Å². The first kappa shape index (κ1) is 19.6. The summed E-state index contributed by atoms with van der Waals surface area (Å²) >= 11 is 0. The van der Waals surface area contributed by atoms with Gasteiger partial charge in [0.25, 0.3) is 0 Å². The van der Waals surface area contributed by atoms with E-state index in [1.165, 1.54) is 0 Å². The monoisotopic (exact) mass is 388 g/mol. The van der Waals surface area contributed by atoms with Crippen LogP contribution < -0.4 is 0 Å². The summed E-state index contributed by atoms with van der Waals surface area (Å²) in [5.41, 5.74) is 2.93. The molecule has 2 aliphatic carbocycles. The number of aromatic nitrogens is 1. The molecule has 0 spiro atoms. The highest BCUT2D eigenvalue weighted by Gasteiger charge is 2.51. The minimum absolute atomic E-state index is 0.0235. The SMILES string of the molecule is CC1CC2C(=O)O[C@H](C)C2C(/C=C/c2ccc(C3=CC=CCC3C#N)cn2)C1C. The number of rotatable bonds is 3. The molecule has 3 aliphatic rings. The summed E-state index contributed by atoms with van der Waals surface area (Å²) in [5.74, 6) is 1.44. The molecule has 1 saturated carbocycles. The second-order valence-electron chi connectivity index (χ2n) is 8.77. The van der Waals surface area contributed by atoms with Gasteiger partial charge in [0, 0.05) is 12.1 Å². The molecule has 1 aromatic rings. The van der Waals surface area contributed by atoms with Crippen LogP contribution in [0.25, 0.3) is 11.6 Å². The van der Waals surface area contributed by atoms with Crippen molar-refractivity contribution in [1.29, 1.82) is 5.26 Å². The van der Waals surface area contributed by atoms with Gasteiger partial charge in [0.2, 0.25) is 0 Å². The van der Waals surface area contributed by atoms with E-state index in [0.29, 0.717) is 17.8 Å². The highest BCUT2D eigenvalue weighted by molar-refractivity contribution is 5.75. The fourth-order valence-electron chi connectivity index (χ4n) is 5.25. The molecule has 4 rings (SSSR count). The minimum Gasteiger partial charge on any atom is -0.462 e. The molecule has 4 heteroatoms. The number of carbonyl (C=O) groups excluding carboxylic acids is 1.